The summed E-state index contributed by atoms with van der Waals surface area (Å²) in [6.07, 6.45) is 4.74. The Morgan fingerprint density at radius 1 is 0.890 bits per heavy atom. The molecule has 18 nitrogen and oxygen atoms in total. The van der Waals surface area contributed by atoms with E-state index >= 15 is 0 Å². The number of halogens is 1. The lowest BCUT2D eigenvalue weighted by atomic mass is 9.95. The molecule has 0 bridgehead atoms. The number of carbonyl (C=O) groups excluding carboxylic acids is 7. The Kier molecular flexibility index (Phi) is 17.4. The van der Waals surface area contributed by atoms with Gasteiger partial charge in [-0.15, -0.1) is 11.6 Å². The third kappa shape index (κ3) is 13.5. The van der Waals surface area contributed by atoms with Crippen molar-refractivity contribution in [3.63, 3.8) is 0 Å². The van der Waals surface area contributed by atoms with Crippen LogP contribution in [0.2, 0.25) is 0 Å². The van der Waals surface area contributed by atoms with E-state index in [0.717, 1.165) is 37.7 Å². The number of urea groups is 1. The molecule has 0 fully saturated rings. The third-order valence-electron chi connectivity index (χ3n) is 13.2. The number of benzene rings is 4. The summed E-state index contributed by atoms with van der Waals surface area (Å²) in [6.45, 7) is 6.17. The number of likely N-dealkylation sites (N-methyl/N-ethyl adjacent to an activating group) is 1. The minimum Gasteiger partial charge on any atom is -0.507 e. The number of nitrogens with two attached hydrogens (primary N) is 1. The molecule has 8 amide bonds. The van der Waals surface area contributed by atoms with Crippen molar-refractivity contribution in [3.05, 3.63) is 108 Å². The molecule has 0 aliphatic carbocycles. The molecule has 386 valence electrons. The smallest absolute Gasteiger partial charge is 0.312 e. The average Bonchev–Trinajstić information content (AvgIpc) is 4.05. The predicted molar refractivity (Wildman–Crippen MR) is 280 cm³/mol. The first-order chi connectivity index (χ1) is 34.9. The fraction of sp³-hybridized carbons (Fsp3) is 0.389. The second-order valence-electron chi connectivity index (χ2n) is 19.7. The molecule has 3 atom stereocenters. The number of fused-ring (bicyclic) bond motifs is 4. The van der Waals surface area contributed by atoms with Crippen LogP contribution in [0.5, 0.6) is 11.5 Å². The summed E-state index contributed by atoms with van der Waals surface area (Å²) >= 11 is 6.42. The van der Waals surface area contributed by atoms with Crippen molar-refractivity contribution in [3.8, 4) is 11.5 Å². The summed E-state index contributed by atoms with van der Waals surface area (Å²) in [4.78, 5) is 95.3. The number of nitrogens with zero attached hydrogens (tertiary/aromatic N) is 3. The molecular weight excluding hydrogens is 954 g/mol. The molecule has 5 aromatic rings. The van der Waals surface area contributed by atoms with Crippen molar-refractivity contribution in [2.24, 2.45) is 11.7 Å². The number of imide groups is 1. The van der Waals surface area contributed by atoms with Gasteiger partial charge in [-0.2, -0.15) is 0 Å². The van der Waals surface area contributed by atoms with Gasteiger partial charge in [-0.25, -0.2) is 4.79 Å². The number of nitrogens with one attached hydrogen (secondary N) is 5. The van der Waals surface area contributed by atoms with Gasteiger partial charge in [-0.3, -0.25) is 33.7 Å². The third-order valence-corrected chi connectivity index (χ3v) is 13.6. The summed E-state index contributed by atoms with van der Waals surface area (Å²) in [5.74, 6) is -1.54. The van der Waals surface area contributed by atoms with Gasteiger partial charge >= 0.3 is 6.03 Å². The van der Waals surface area contributed by atoms with Gasteiger partial charge in [0.1, 0.15) is 49.0 Å². The van der Waals surface area contributed by atoms with Gasteiger partial charge in [-0.1, -0.05) is 56.7 Å². The molecule has 0 saturated carbocycles. The highest BCUT2D eigenvalue weighted by Crippen LogP contribution is 2.45. The average molecular weight is 1020 g/mol. The Balaban J connectivity index is 0.894. The molecule has 3 unspecified atom stereocenters. The number of alkyl halides is 1. The Morgan fingerprint density at radius 3 is 2.32 bits per heavy atom. The largest absolute Gasteiger partial charge is 0.507 e. The summed E-state index contributed by atoms with van der Waals surface area (Å²) in [6, 6.07) is 21.5. The van der Waals surface area contributed by atoms with Gasteiger partial charge in [0, 0.05) is 83.6 Å². The monoisotopic (exact) mass is 1020 g/mol. The number of H-pyrrole nitrogens is 1. The second kappa shape index (κ2) is 23.9. The number of ether oxygens (including phenoxy) is 1. The maximum absolute atomic E-state index is 14.0. The molecule has 3 heterocycles. The van der Waals surface area contributed by atoms with E-state index in [4.69, 9.17) is 22.1 Å². The van der Waals surface area contributed by atoms with E-state index in [-0.39, 0.29) is 67.1 Å². The highest BCUT2D eigenvalue weighted by Gasteiger charge is 2.36. The van der Waals surface area contributed by atoms with Crippen molar-refractivity contribution in [2.45, 2.75) is 76.9 Å². The van der Waals surface area contributed by atoms with Crippen molar-refractivity contribution < 1.29 is 47.9 Å². The van der Waals surface area contributed by atoms with Crippen LogP contribution < -0.4 is 36.6 Å². The Hall–Kier alpha value is -7.44. The first kappa shape index (κ1) is 53.4. The van der Waals surface area contributed by atoms with E-state index in [1.165, 1.54) is 12.2 Å². The van der Waals surface area contributed by atoms with Gasteiger partial charge in [0.25, 0.3) is 17.7 Å². The number of rotatable bonds is 24. The van der Waals surface area contributed by atoms with Crippen LogP contribution in [-0.2, 0) is 30.5 Å². The maximum Gasteiger partial charge on any atom is 0.312 e. The molecule has 7 rings (SSSR count). The minimum absolute atomic E-state index is 0.0827. The number of aromatic hydroxyl groups is 1. The maximum atomic E-state index is 14.0. The van der Waals surface area contributed by atoms with Gasteiger partial charge in [0.15, 0.2) is 0 Å². The molecule has 0 radical (unpaired) electrons. The normalized spacial score (nSPS) is 15.2. The molecular formula is C54H65ClN9O9+. The molecule has 1 aromatic heterocycles. The van der Waals surface area contributed by atoms with Crippen LogP contribution in [0.3, 0.4) is 0 Å². The van der Waals surface area contributed by atoms with Crippen molar-refractivity contribution >= 4 is 86.1 Å². The van der Waals surface area contributed by atoms with Gasteiger partial charge < -0.3 is 51.2 Å². The molecule has 0 spiro atoms. The number of phenolic OH excluding ortho intramolecular Hbond substituents is 1. The second-order valence-corrected chi connectivity index (χ2v) is 20.0. The minimum atomic E-state index is -1.00. The topological polar surface area (TPSA) is 245 Å². The number of aromatic nitrogens is 1. The fourth-order valence-corrected chi connectivity index (χ4v) is 9.58. The Bertz CT molecular complexity index is 2880. The van der Waals surface area contributed by atoms with Crippen molar-refractivity contribution in [1.82, 2.24) is 25.8 Å². The van der Waals surface area contributed by atoms with Crippen LogP contribution in [0.15, 0.2) is 91.0 Å². The number of primary amides is 1. The molecule has 2 aliphatic rings. The lowest BCUT2D eigenvalue weighted by molar-refractivity contribution is -0.903. The summed E-state index contributed by atoms with van der Waals surface area (Å²) in [5, 5.41) is 24.3. The quantitative estimate of drug-likeness (QED) is 0.0162. The lowest BCUT2D eigenvalue weighted by Gasteiger charge is -2.30. The highest BCUT2D eigenvalue weighted by molar-refractivity contribution is 6.19. The predicted octanol–water partition coefficient (Wildman–Crippen LogP) is 6.16. The molecule has 0 saturated heterocycles. The Labute approximate surface area is 429 Å². The molecule has 4 aromatic carbocycles. The Morgan fingerprint density at radius 2 is 1.62 bits per heavy atom. The van der Waals surface area contributed by atoms with Crippen LogP contribution in [0.1, 0.15) is 79.9 Å². The molecule has 19 heteroatoms. The highest BCUT2D eigenvalue weighted by atomic mass is 35.5. The van der Waals surface area contributed by atoms with Crippen molar-refractivity contribution in [2.75, 3.05) is 63.0 Å². The molecule has 73 heavy (non-hydrogen) atoms. The van der Waals surface area contributed by atoms with E-state index in [9.17, 15) is 38.7 Å². The number of phenols is 1. The van der Waals surface area contributed by atoms with Gasteiger partial charge in [0.2, 0.25) is 17.7 Å². The number of hydrogen-bond donors (Lipinski definition) is 7. The number of anilines is 2. The first-order valence-electron chi connectivity index (χ1n) is 24.7. The van der Waals surface area contributed by atoms with Crippen molar-refractivity contribution in [1.29, 1.82) is 0 Å². The van der Waals surface area contributed by atoms with Crippen LogP contribution in [0.4, 0.5) is 16.2 Å². The summed E-state index contributed by atoms with van der Waals surface area (Å²) in [5.41, 5.74) is 9.58. The first-order valence-corrected chi connectivity index (χ1v) is 25.2. The molecule has 8 N–H and O–H groups in total. The zero-order valence-electron chi connectivity index (χ0n) is 41.7. The zero-order valence-corrected chi connectivity index (χ0v) is 42.4. The van der Waals surface area contributed by atoms with E-state index in [2.05, 4.69) is 40.3 Å². The SMILES string of the molecule is CC(C)C(NC(=O)CCCCCN1C(=O)C=CC1=O)C(=O)NC(CCCNC(N)=O)C(=O)Nc1ccc(C[N+](C)(C)CCOc2ccc3[nH]c(C(=O)N4CC(CCl)c5c4cc(O)c4ccccc54)cc3c2)cc1. The number of hydrogen-bond acceptors (Lipinski definition) is 9. The van der Waals surface area contributed by atoms with Gasteiger partial charge in [0.05, 0.1) is 19.8 Å². The number of carbonyl (C=O) groups is 7. The standard InChI is InChI=1S/C54H64ClN9O9/c1-33(2)50(61-46(66)14-6-5-9-24-62-47(67)21-22-48(62)68)52(70)60-42(13-10-23-57-54(56)72)51(69)58-37-17-15-34(16-18-37)32-64(3,4)25-26-73-38-19-20-41-35(27-38)28-43(59-41)53(71)63-31-36(30-55)49-40-12-8-7-11-39(40)45(65)29-44(49)63/h7-8,11-12,15-22,27-29,33,36,42,50H,5-6,9-10,13-14,23-26,30-32H2,1-4H3,(H7-,56,57,58,59,60,61,65,66,69,70,71,72)/p+1. The number of amides is 8. The number of unbranched alkanes of at least 4 members (excludes halogenated alkanes) is 2. The van der Waals surface area contributed by atoms with Crippen LogP contribution in [0.25, 0.3) is 21.7 Å². The van der Waals surface area contributed by atoms with Crippen LogP contribution in [-0.4, -0.2) is 126 Å². The summed E-state index contributed by atoms with van der Waals surface area (Å²) < 4.78 is 6.81. The van der Waals surface area contributed by atoms with E-state index in [0.29, 0.717) is 85.1 Å². The summed E-state index contributed by atoms with van der Waals surface area (Å²) in [7, 11) is 4.19. The van der Waals surface area contributed by atoms with E-state index < -0.39 is 29.9 Å². The van der Waals surface area contributed by atoms with E-state index in [1.54, 1.807) is 36.9 Å². The molecule has 2 aliphatic heterocycles. The van der Waals surface area contributed by atoms with Crippen LogP contribution >= 0.6 is 11.6 Å². The lowest BCUT2D eigenvalue weighted by Crippen LogP contribution is -2.54. The van der Waals surface area contributed by atoms with E-state index in [1.807, 2.05) is 60.7 Å². The van der Waals surface area contributed by atoms with Gasteiger partial charge in [-0.05, 0) is 78.9 Å². The number of quaternary nitrogens is 1. The zero-order chi connectivity index (χ0) is 52.4. The van der Waals surface area contributed by atoms with Crippen LogP contribution in [0, 0.1) is 5.92 Å². The fourth-order valence-electron chi connectivity index (χ4n) is 9.33. The number of aromatic amines is 1.